The molecule has 0 amide bonds. The predicted octanol–water partition coefficient (Wildman–Crippen LogP) is 15.5. The van der Waals surface area contributed by atoms with Crippen LogP contribution >= 0.6 is 11.8 Å². The standard InChI is InChI=1S/C47H76O3S/c1-5-7-9-11-13-15-17-19-21-23-25-35-49-44-38-43(39-45(40-44)50-36-26-24-22-20-18-16-14-12-10-8-6-2)47(48)34-31-42-29-32-46(33-30-42)51-37-27-28-41(3)4/h29-34,38-41H,5-28,35-37H2,1-4H3. The fourth-order valence-electron chi connectivity index (χ4n) is 6.42. The normalized spacial score (nSPS) is 11.5. The zero-order valence-electron chi connectivity index (χ0n) is 33.5. The van der Waals surface area contributed by atoms with E-state index >= 15 is 0 Å². The first-order chi connectivity index (χ1) is 25.0. The van der Waals surface area contributed by atoms with E-state index in [1.54, 1.807) is 6.08 Å². The Morgan fingerprint density at radius 3 is 1.45 bits per heavy atom. The van der Waals surface area contributed by atoms with Crippen LogP contribution in [0.5, 0.6) is 11.5 Å². The number of carbonyl (C=O) groups is 1. The van der Waals surface area contributed by atoms with Gasteiger partial charge in [-0.15, -0.1) is 11.8 Å². The van der Waals surface area contributed by atoms with E-state index in [-0.39, 0.29) is 5.78 Å². The Hall–Kier alpha value is -2.20. The second-order valence-electron chi connectivity index (χ2n) is 15.1. The Morgan fingerprint density at radius 1 is 0.588 bits per heavy atom. The molecule has 51 heavy (non-hydrogen) atoms. The number of benzene rings is 2. The van der Waals surface area contributed by atoms with E-state index in [9.17, 15) is 4.79 Å². The first kappa shape index (κ1) is 45.0. The number of hydrogen-bond donors (Lipinski definition) is 0. The maximum Gasteiger partial charge on any atom is 0.186 e. The minimum Gasteiger partial charge on any atom is -0.493 e. The zero-order chi connectivity index (χ0) is 36.6. The van der Waals surface area contributed by atoms with Crippen molar-refractivity contribution in [3.63, 3.8) is 0 Å². The lowest BCUT2D eigenvalue weighted by Crippen LogP contribution is -2.03. The third-order valence-corrected chi connectivity index (χ3v) is 10.8. The summed E-state index contributed by atoms with van der Waals surface area (Å²) in [6.45, 7) is 10.5. The molecule has 0 bridgehead atoms. The number of ether oxygens (including phenoxy) is 2. The Labute approximate surface area is 319 Å². The van der Waals surface area contributed by atoms with Crippen LogP contribution in [-0.4, -0.2) is 24.7 Å². The molecule has 0 unspecified atom stereocenters. The Morgan fingerprint density at radius 2 is 1.02 bits per heavy atom. The molecule has 0 aromatic heterocycles. The highest BCUT2D eigenvalue weighted by atomic mass is 32.2. The van der Waals surface area contributed by atoms with Crippen molar-refractivity contribution in [3.05, 3.63) is 59.7 Å². The van der Waals surface area contributed by atoms with Crippen molar-refractivity contribution in [2.45, 2.75) is 187 Å². The topological polar surface area (TPSA) is 35.5 Å². The van der Waals surface area contributed by atoms with Crippen LogP contribution in [0.15, 0.2) is 53.4 Å². The van der Waals surface area contributed by atoms with Gasteiger partial charge in [0.1, 0.15) is 11.5 Å². The van der Waals surface area contributed by atoms with Gasteiger partial charge in [-0.1, -0.05) is 181 Å². The van der Waals surface area contributed by atoms with Gasteiger partial charge in [0.15, 0.2) is 5.78 Å². The largest absolute Gasteiger partial charge is 0.493 e. The van der Waals surface area contributed by atoms with Crippen molar-refractivity contribution in [2.24, 2.45) is 5.92 Å². The molecule has 0 fully saturated rings. The molecule has 0 saturated heterocycles. The second kappa shape index (κ2) is 31.3. The molecule has 4 heteroatoms. The van der Waals surface area contributed by atoms with Gasteiger partial charge in [-0.2, -0.15) is 0 Å². The van der Waals surface area contributed by atoms with Gasteiger partial charge in [-0.05, 0) is 66.8 Å². The monoisotopic (exact) mass is 721 g/mol. The summed E-state index contributed by atoms with van der Waals surface area (Å²) < 4.78 is 12.4. The molecule has 0 saturated carbocycles. The average Bonchev–Trinajstić information content (AvgIpc) is 3.13. The van der Waals surface area contributed by atoms with Crippen LogP contribution in [0.4, 0.5) is 0 Å². The minimum atomic E-state index is -0.0261. The van der Waals surface area contributed by atoms with Gasteiger partial charge in [0.2, 0.25) is 0 Å². The Bertz CT molecular complexity index is 1090. The van der Waals surface area contributed by atoms with E-state index < -0.39 is 0 Å². The van der Waals surface area contributed by atoms with Gasteiger partial charge in [0.25, 0.3) is 0 Å². The lowest BCUT2D eigenvalue weighted by molar-refractivity contribution is 0.104. The summed E-state index contributed by atoms with van der Waals surface area (Å²) in [7, 11) is 0. The summed E-state index contributed by atoms with van der Waals surface area (Å²) in [6, 6.07) is 14.3. The molecule has 2 aromatic rings. The Kier molecular flexibility index (Phi) is 27.6. The highest BCUT2D eigenvalue weighted by molar-refractivity contribution is 7.99. The first-order valence-corrected chi connectivity index (χ1v) is 22.4. The molecule has 0 atom stereocenters. The van der Waals surface area contributed by atoms with Crippen molar-refractivity contribution in [1.29, 1.82) is 0 Å². The van der Waals surface area contributed by atoms with Crippen LogP contribution in [-0.2, 0) is 0 Å². The zero-order valence-corrected chi connectivity index (χ0v) is 34.3. The molecule has 0 aliphatic carbocycles. The molecule has 3 nitrogen and oxygen atoms in total. The quantitative estimate of drug-likeness (QED) is 0.0312. The van der Waals surface area contributed by atoms with Gasteiger partial charge in [0, 0.05) is 16.5 Å². The molecule has 0 N–H and O–H groups in total. The highest BCUT2D eigenvalue weighted by Crippen LogP contribution is 2.26. The van der Waals surface area contributed by atoms with E-state index in [1.807, 2.05) is 36.0 Å². The van der Waals surface area contributed by atoms with Crippen molar-refractivity contribution in [2.75, 3.05) is 19.0 Å². The second-order valence-corrected chi connectivity index (χ2v) is 16.3. The number of hydrogen-bond acceptors (Lipinski definition) is 4. The van der Waals surface area contributed by atoms with E-state index in [0.717, 1.165) is 41.6 Å². The molecular formula is C47H76O3S. The van der Waals surface area contributed by atoms with Crippen LogP contribution in [0.1, 0.15) is 198 Å². The van der Waals surface area contributed by atoms with Gasteiger partial charge in [0.05, 0.1) is 13.2 Å². The van der Waals surface area contributed by atoms with Crippen molar-refractivity contribution in [1.82, 2.24) is 0 Å². The summed E-state index contributed by atoms with van der Waals surface area (Å²) in [5.41, 5.74) is 1.65. The molecule has 0 aliphatic heterocycles. The van der Waals surface area contributed by atoms with Gasteiger partial charge >= 0.3 is 0 Å². The van der Waals surface area contributed by atoms with Crippen LogP contribution in [0.25, 0.3) is 6.08 Å². The van der Waals surface area contributed by atoms with Crippen molar-refractivity contribution in [3.8, 4) is 11.5 Å². The third-order valence-electron chi connectivity index (χ3n) is 9.70. The lowest BCUT2D eigenvalue weighted by atomic mass is 10.1. The fraction of sp³-hybridized carbons (Fsp3) is 0.681. The number of ketones is 1. The van der Waals surface area contributed by atoms with E-state index in [0.29, 0.717) is 18.8 Å². The first-order valence-electron chi connectivity index (χ1n) is 21.4. The number of thioether (sulfide) groups is 1. The minimum absolute atomic E-state index is 0.0261. The number of carbonyl (C=O) groups excluding carboxylic acids is 1. The van der Waals surface area contributed by atoms with E-state index in [2.05, 4.69) is 52.0 Å². The molecule has 2 rings (SSSR count). The highest BCUT2D eigenvalue weighted by Gasteiger charge is 2.09. The van der Waals surface area contributed by atoms with Gasteiger partial charge < -0.3 is 9.47 Å². The summed E-state index contributed by atoms with van der Waals surface area (Å²) in [6.07, 6.45) is 35.0. The number of rotatable bonds is 34. The molecule has 0 radical (unpaired) electrons. The summed E-state index contributed by atoms with van der Waals surface area (Å²) in [5, 5.41) is 0. The number of allylic oxidation sites excluding steroid dienone is 1. The van der Waals surface area contributed by atoms with Crippen LogP contribution in [0.2, 0.25) is 0 Å². The fourth-order valence-corrected chi connectivity index (χ4v) is 7.29. The maximum atomic E-state index is 13.4. The summed E-state index contributed by atoms with van der Waals surface area (Å²) >= 11 is 1.91. The van der Waals surface area contributed by atoms with Gasteiger partial charge in [-0.3, -0.25) is 4.79 Å². The molecule has 0 heterocycles. The van der Waals surface area contributed by atoms with Crippen LogP contribution in [0.3, 0.4) is 0 Å². The smallest absolute Gasteiger partial charge is 0.186 e. The molecule has 0 aliphatic rings. The molecule has 2 aromatic carbocycles. The third kappa shape index (κ3) is 24.6. The van der Waals surface area contributed by atoms with Crippen LogP contribution < -0.4 is 9.47 Å². The SMILES string of the molecule is CCCCCCCCCCCCCOc1cc(OCCCCCCCCCCCCC)cc(C(=O)C=Cc2ccc(SCCCC(C)C)cc2)c1. The lowest BCUT2D eigenvalue weighted by Gasteiger charge is -2.12. The molecular weight excluding hydrogens is 645 g/mol. The maximum absolute atomic E-state index is 13.4. The molecule has 288 valence electrons. The van der Waals surface area contributed by atoms with Crippen molar-refractivity contribution >= 4 is 23.6 Å². The van der Waals surface area contributed by atoms with Crippen molar-refractivity contribution < 1.29 is 14.3 Å². The average molecular weight is 721 g/mol. The van der Waals surface area contributed by atoms with Crippen LogP contribution in [0, 0.1) is 5.92 Å². The predicted molar refractivity (Wildman–Crippen MR) is 225 cm³/mol. The Balaban J connectivity index is 1.84. The summed E-state index contributed by atoms with van der Waals surface area (Å²) in [5.74, 6) is 3.34. The van der Waals surface area contributed by atoms with E-state index in [1.165, 1.54) is 146 Å². The molecule has 0 spiro atoms. The summed E-state index contributed by atoms with van der Waals surface area (Å²) in [4.78, 5) is 14.6. The van der Waals surface area contributed by atoms with E-state index in [4.69, 9.17) is 9.47 Å². The van der Waals surface area contributed by atoms with Gasteiger partial charge in [-0.25, -0.2) is 0 Å². The number of unbranched alkanes of at least 4 members (excludes halogenated alkanes) is 20.